The number of methoxy groups -OCH3 is 1. The number of nitrogens with zero attached hydrogens (tertiary/aromatic N) is 2. The molecule has 3 N–H and O–H groups in total. The second-order valence-electron chi connectivity index (χ2n) is 7.62. The molecule has 2 rings (SSSR count). The third kappa shape index (κ3) is 8.17. The normalized spacial score (nSPS) is 10.8. The van der Waals surface area contributed by atoms with Crippen molar-refractivity contribution in [2.75, 3.05) is 26.7 Å². The average Bonchev–Trinajstić information content (AvgIpc) is 2.87. The summed E-state index contributed by atoms with van der Waals surface area (Å²) < 4.78 is 37.2. The van der Waals surface area contributed by atoms with Crippen LogP contribution in [0.15, 0.2) is 41.4 Å². The van der Waals surface area contributed by atoms with Gasteiger partial charge in [-0.05, 0) is 37.1 Å². The van der Waals surface area contributed by atoms with E-state index < -0.39 is 34.5 Å². The molecule has 13 nitrogen and oxygen atoms in total. The Hall–Kier alpha value is -4.20. The van der Waals surface area contributed by atoms with E-state index in [0.29, 0.717) is 18.7 Å². The van der Waals surface area contributed by atoms with Gasteiger partial charge in [0.15, 0.2) is 5.75 Å². The number of hydrogen-bond donors (Lipinski definition) is 3. The van der Waals surface area contributed by atoms with Gasteiger partial charge in [0.1, 0.15) is 6.54 Å². The van der Waals surface area contributed by atoms with E-state index in [-0.39, 0.29) is 28.0 Å². The minimum atomic E-state index is -4.30. The van der Waals surface area contributed by atoms with Crippen molar-refractivity contribution in [3.8, 4) is 11.6 Å². The molecule has 0 saturated heterocycles. The monoisotopic (exact) mass is 536 g/mol. The molecule has 0 saturated carbocycles. The highest BCUT2D eigenvalue weighted by Gasteiger charge is 2.22. The van der Waals surface area contributed by atoms with E-state index in [1.807, 2.05) is 23.9 Å². The number of amides is 3. The molecule has 37 heavy (non-hydrogen) atoms. The fourth-order valence-electron chi connectivity index (χ4n) is 3.10. The Kier molecular flexibility index (Phi) is 10.4. The second kappa shape index (κ2) is 13.2. The molecule has 1 aromatic carbocycles. The summed E-state index contributed by atoms with van der Waals surface area (Å²) >= 11 is 0. The Labute approximate surface area is 213 Å². The van der Waals surface area contributed by atoms with Crippen LogP contribution in [0.3, 0.4) is 0 Å². The number of carboxylic acids is 1. The topological polar surface area (TPSA) is 181 Å². The van der Waals surface area contributed by atoms with Crippen LogP contribution in [0.25, 0.3) is 0 Å². The Bertz CT molecular complexity index is 1240. The fraction of sp³-hybridized carbons (Fsp3) is 0.348. The standard InChI is InChI=1S/C23H28N4O9S/c1-4-10-27(11-5-2)22(31)15-6-8-17(9-7-15)37(33,34)26-20(30)16-12-18(35-3)21(24-13-16)36-23(32)25-14-19(28)29/h6-9,12-13H,4-5,10-11,14H2,1-3H3,(H,25,32)(H,26,30)(H,28,29). The van der Waals surface area contributed by atoms with Crippen LogP contribution in [0, 0.1) is 0 Å². The SMILES string of the molecule is CCCN(CCC)C(=O)c1ccc(S(=O)(=O)NC(=O)c2cnc(OC(=O)NCC(=O)O)c(OC)c2)cc1. The molecule has 0 bridgehead atoms. The number of carbonyl (C=O) groups is 4. The summed E-state index contributed by atoms with van der Waals surface area (Å²) in [5.41, 5.74) is 0.101. The summed E-state index contributed by atoms with van der Waals surface area (Å²) in [7, 11) is -3.10. The molecule has 3 amide bonds. The largest absolute Gasteiger partial charge is 0.491 e. The molecular formula is C23H28N4O9S. The van der Waals surface area contributed by atoms with Gasteiger partial charge in [-0.3, -0.25) is 14.4 Å². The van der Waals surface area contributed by atoms with Crippen LogP contribution in [0.2, 0.25) is 0 Å². The van der Waals surface area contributed by atoms with Crippen LogP contribution < -0.4 is 19.5 Å². The molecule has 0 unspecified atom stereocenters. The lowest BCUT2D eigenvalue weighted by Crippen LogP contribution is -2.33. The number of benzene rings is 1. The van der Waals surface area contributed by atoms with E-state index in [2.05, 4.69) is 4.98 Å². The Morgan fingerprint density at radius 3 is 2.19 bits per heavy atom. The van der Waals surface area contributed by atoms with Crippen molar-refractivity contribution >= 4 is 33.9 Å². The number of rotatable bonds is 12. The van der Waals surface area contributed by atoms with Crippen molar-refractivity contribution in [3.63, 3.8) is 0 Å². The number of ether oxygens (including phenoxy) is 2. The number of nitrogens with one attached hydrogen (secondary N) is 2. The molecule has 0 fully saturated rings. The molecule has 14 heteroatoms. The molecule has 0 radical (unpaired) electrons. The highest BCUT2D eigenvalue weighted by atomic mass is 32.2. The van der Waals surface area contributed by atoms with E-state index in [4.69, 9.17) is 14.6 Å². The predicted octanol–water partition coefficient (Wildman–Crippen LogP) is 1.64. The summed E-state index contributed by atoms with van der Waals surface area (Å²) in [4.78, 5) is 52.7. The molecule has 200 valence electrons. The zero-order chi connectivity index (χ0) is 27.6. The van der Waals surface area contributed by atoms with Crippen LogP contribution in [0.5, 0.6) is 11.6 Å². The van der Waals surface area contributed by atoms with Crippen LogP contribution in [0.1, 0.15) is 47.4 Å². The van der Waals surface area contributed by atoms with Gasteiger partial charge in [0.2, 0.25) is 0 Å². The lowest BCUT2D eigenvalue weighted by Gasteiger charge is -2.21. The van der Waals surface area contributed by atoms with E-state index in [0.717, 1.165) is 25.1 Å². The van der Waals surface area contributed by atoms with Gasteiger partial charge < -0.3 is 24.8 Å². The molecule has 0 spiro atoms. The maximum atomic E-state index is 12.7. The summed E-state index contributed by atoms with van der Waals surface area (Å²) in [6.07, 6.45) is 1.40. The smallest absolute Gasteiger partial charge is 0.414 e. The van der Waals surface area contributed by atoms with Crippen molar-refractivity contribution < 1.29 is 42.2 Å². The van der Waals surface area contributed by atoms with Gasteiger partial charge in [-0.1, -0.05) is 13.8 Å². The summed E-state index contributed by atoms with van der Waals surface area (Å²) in [6, 6.07) is 6.31. The van der Waals surface area contributed by atoms with Crippen molar-refractivity contribution in [3.05, 3.63) is 47.7 Å². The molecule has 1 heterocycles. The highest BCUT2D eigenvalue weighted by Crippen LogP contribution is 2.25. The lowest BCUT2D eigenvalue weighted by molar-refractivity contribution is -0.135. The van der Waals surface area contributed by atoms with E-state index in [9.17, 15) is 27.6 Å². The minimum Gasteiger partial charge on any atom is -0.491 e. The number of aliphatic carboxylic acids is 1. The zero-order valence-electron chi connectivity index (χ0n) is 20.5. The predicted molar refractivity (Wildman–Crippen MR) is 130 cm³/mol. The van der Waals surface area contributed by atoms with E-state index in [1.54, 1.807) is 4.90 Å². The van der Waals surface area contributed by atoms with Gasteiger partial charge in [-0.15, -0.1) is 0 Å². The molecule has 2 aromatic rings. The Morgan fingerprint density at radius 1 is 1.03 bits per heavy atom. The number of sulfonamides is 1. The van der Waals surface area contributed by atoms with Gasteiger partial charge in [-0.2, -0.15) is 0 Å². The van der Waals surface area contributed by atoms with Crippen molar-refractivity contribution in [2.24, 2.45) is 0 Å². The molecule has 0 aliphatic rings. The number of aromatic nitrogens is 1. The second-order valence-corrected chi connectivity index (χ2v) is 9.30. The van der Waals surface area contributed by atoms with Gasteiger partial charge in [0.05, 0.1) is 17.6 Å². The fourth-order valence-corrected chi connectivity index (χ4v) is 4.08. The Balaban J connectivity index is 2.14. The maximum absolute atomic E-state index is 12.7. The summed E-state index contributed by atoms with van der Waals surface area (Å²) in [5.74, 6) is -3.09. The molecule has 0 aliphatic carbocycles. The first-order valence-corrected chi connectivity index (χ1v) is 12.7. The van der Waals surface area contributed by atoms with E-state index in [1.165, 1.54) is 31.4 Å². The van der Waals surface area contributed by atoms with Crippen molar-refractivity contribution in [1.29, 1.82) is 0 Å². The van der Waals surface area contributed by atoms with Crippen LogP contribution in [0.4, 0.5) is 4.79 Å². The van der Waals surface area contributed by atoms with E-state index >= 15 is 0 Å². The lowest BCUT2D eigenvalue weighted by atomic mass is 10.2. The number of hydrogen-bond acceptors (Lipinski definition) is 9. The molecule has 0 aliphatic heterocycles. The van der Waals surface area contributed by atoms with Crippen molar-refractivity contribution in [2.45, 2.75) is 31.6 Å². The van der Waals surface area contributed by atoms with Gasteiger partial charge in [0, 0.05) is 30.9 Å². The van der Waals surface area contributed by atoms with Gasteiger partial charge in [-0.25, -0.2) is 22.9 Å². The minimum absolute atomic E-state index is 0.179. The first-order chi connectivity index (χ1) is 17.5. The molecule has 1 aromatic heterocycles. The maximum Gasteiger partial charge on any atom is 0.414 e. The third-order valence-electron chi connectivity index (χ3n) is 4.79. The first-order valence-electron chi connectivity index (χ1n) is 11.2. The molecular weight excluding hydrogens is 508 g/mol. The summed E-state index contributed by atoms with van der Waals surface area (Å²) in [5, 5.41) is 10.5. The quantitative estimate of drug-likeness (QED) is 0.361. The van der Waals surface area contributed by atoms with Crippen LogP contribution in [-0.4, -0.2) is 74.0 Å². The van der Waals surface area contributed by atoms with Crippen molar-refractivity contribution in [1.82, 2.24) is 19.9 Å². The van der Waals surface area contributed by atoms with Gasteiger partial charge >= 0.3 is 12.1 Å². The van der Waals surface area contributed by atoms with Crippen LogP contribution >= 0.6 is 0 Å². The number of carbonyl (C=O) groups excluding carboxylic acids is 3. The molecule has 0 atom stereocenters. The van der Waals surface area contributed by atoms with Gasteiger partial charge in [0.25, 0.3) is 27.7 Å². The Morgan fingerprint density at radius 2 is 1.65 bits per heavy atom. The van der Waals surface area contributed by atoms with Crippen LogP contribution in [-0.2, 0) is 14.8 Å². The summed E-state index contributed by atoms with van der Waals surface area (Å²) in [6.45, 7) is 4.39. The average molecular weight is 537 g/mol. The zero-order valence-corrected chi connectivity index (χ0v) is 21.3. The first kappa shape index (κ1) is 29.0. The number of carboxylic acid groups (broad SMARTS) is 1. The highest BCUT2D eigenvalue weighted by molar-refractivity contribution is 7.90. The third-order valence-corrected chi connectivity index (χ3v) is 6.13. The number of pyridine rings is 1.